The molecule has 1 heterocycles. The highest BCUT2D eigenvalue weighted by molar-refractivity contribution is 5.90. The molecule has 0 spiro atoms. The molecule has 7 heteroatoms. The molecule has 3 N–H and O–H groups in total. The number of hydrogen-bond acceptors (Lipinski definition) is 5. The molecule has 19 heavy (non-hydrogen) atoms. The number of nitrogens with one attached hydrogen (secondary N) is 1. The third-order valence-electron chi connectivity index (χ3n) is 3.02. The molecule has 110 valence electrons. The first-order chi connectivity index (χ1) is 9.11. The number of likely N-dealkylation sites (N-methyl/N-ethyl adjacent to an activating group) is 1. The Labute approximate surface area is 113 Å². The lowest BCUT2D eigenvalue weighted by molar-refractivity contribution is -0.149. The first-order valence-corrected chi connectivity index (χ1v) is 6.52. The Hall–Kier alpha value is -1.18. The Morgan fingerprint density at radius 1 is 1.58 bits per heavy atom. The molecule has 1 aliphatic heterocycles. The summed E-state index contributed by atoms with van der Waals surface area (Å²) in [5.74, 6) is -0.425. The van der Waals surface area contributed by atoms with Gasteiger partial charge in [-0.3, -0.25) is 9.59 Å². The van der Waals surface area contributed by atoms with E-state index >= 15 is 0 Å². The van der Waals surface area contributed by atoms with Gasteiger partial charge in [0.1, 0.15) is 6.04 Å². The minimum Gasteiger partial charge on any atom is -0.385 e. The van der Waals surface area contributed by atoms with E-state index in [0.29, 0.717) is 32.7 Å². The van der Waals surface area contributed by atoms with Crippen molar-refractivity contribution in [2.75, 3.05) is 40.0 Å². The van der Waals surface area contributed by atoms with Gasteiger partial charge in [-0.1, -0.05) is 0 Å². The number of morpholine rings is 1. The van der Waals surface area contributed by atoms with Gasteiger partial charge in [-0.2, -0.15) is 0 Å². The summed E-state index contributed by atoms with van der Waals surface area (Å²) >= 11 is 0. The van der Waals surface area contributed by atoms with E-state index in [1.807, 2.05) is 6.92 Å². The number of carbonyl (C=O) groups is 2. The predicted molar refractivity (Wildman–Crippen MR) is 69.5 cm³/mol. The normalized spacial score (nSPS) is 21.0. The molecular formula is C12H23N3O4. The monoisotopic (exact) mass is 273 g/mol. The van der Waals surface area contributed by atoms with Gasteiger partial charge < -0.3 is 25.4 Å². The van der Waals surface area contributed by atoms with E-state index in [-0.39, 0.29) is 18.4 Å². The third-order valence-corrected chi connectivity index (χ3v) is 3.02. The second-order valence-electron chi connectivity index (χ2n) is 4.40. The van der Waals surface area contributed by atoms with Crippen molar-refractivity contribution in [1.29, 1.82) is 0 Å². The van der Waals surface area contributed by atoms with Crippen molar-refractivity contribution in [2.45, 2.75) is 25.4 Å². The van der Waals surface area contributed by atoms with Gasteiger partial charge >= 0.3 is 0 Å². The zero-order valence-corrected chi connectivity index (χ0v) is 11.6. The van der Waals surface area contributed by atoms with E-state index in [1.165, 1.54) is 4.90 Å². The number of ether oxygens (including phenoxy) is 2. The molecule has 0 aromatic rings. The van der Waals surface area contributed by atoms with Crippen molar-refractivity contribution in [2.24, 2.45) is 5.73 Å². The van der Waals surface area contributed by atoms with Crippen molar-refractivity contribution in [1.82, 2.24) is 10.2 Å². The topological polar surface area (TPSA) is 93.9 Å². The zero-order chi connectivity index (χ0) is 14.3. The summed E-state index contributed by atoms with van der Waals surface area (Å²) in [6, 6.07) is -1.23. The van der Waals surface area contributed by atoms with Gasteiger partial charge in [0, 0.05) is 26.8 Å². The molecule has 0 bridgehead atoms. The lowest BCUT2D eigenvalue weighted by Gasteiger charge is -2.36. The summed E-state index contributed by atoms with van der Waals surface area (Å²) in [6.07, 6.45) is 0.439. The van der Waals surface area contributed by atoms with Gasteiger partial charge in [0.2, 0.25) is 11.8 Å². The summed E-state index contributed by atoms with van der Waals surface area (Å²) in [5.41, 5.74) is 5.83. The van der Waals surface area contributed by atoms with Crippen LogP contribution in [0.4, 0.5) is 0 Å². The summed E-state index contributed by atoms with van der Waals surface area (Å²) in [4.78, 5) is 25.6. The molecular weight excluding hydrogens is 250 g/mol. The fraction of sp³-hybridized carbons (Fsp3) is 0.833. The van der Waals surface area contributed by atoms with Gasteiger partial charge in [0.05, 0.1) is 19.3 Å². The van der Waals surface area contributed by atoms with Gasteiger partial charge in [-0.05, 0) is 13.3 Å². The summed E-state index contributed by atoms with van der Waals surface area (Å²) in [7, 11) is 1.56. The van der Waals surface area contributed by atoms with Crippen LogP contribution in [0.2, 0.25) is 0 Å². The van der Waals surface area contributed by atoms with Crippen LogP contribution in [0.25, 0.3) is 0 Å². The van der Waals surface area contributed by atoms with Crippen LogP contribution in [0.15, 0.2) is 0 Å². The standard InChI is InChI=1S/C12H23N3O4/c1-3-14-11(16)10-8-19-7-5-15(10)12(17)9(13)4-6-18-2/h9-10H,3-8,13H2,1-2H3,(H,14,16). The molecule has 1 fully saturated rings. The molecule has 0 aromatic heterocycles. The Morgan fingerprint density at radius 3 is 2.95 bits per heavy atom. The fourth-order valence-corrected chi connectivity index (χ4v) is 1.96. The minimum absolute atomic E-state index is 0.200. The molecule has 0 radical (unpaired) electrons. The summed E-state index contributed by atoms with van der Waals surface area (Å²) < 4.78 is 10.2. The highest BCUT2D eigenvalue weighted by Gasteiger charge is 2.34. The Kier molecular flexibility index (Phi) is 6.75. The smallest absolute Gasteiger partial charge is 0.245 e. The predicted octanol–water partition coefficient (Wildman–Crippen LogP) is -1.29. The summed E-state index contributed by atoms with van der Waals surface area (Å²) in [5, 5.41) is 2.70. The van der Waals surface area contributed by atoms with E-state index in [1.54, 1.807) is 7.11 Å². The third kappa shape index (κ3) is 4.45. The van der Waals surface area contributed by atoms with Crippen LogP contribution in [-0.4, -0.2) is 68.8 Å². The second kappa shape index (κ2) is 8.08. The van der Waals surface area contributed by atoms with E-state index < -0.39 is 12.1 Å². The Bertz CT molecular complexity index is 311. The Balaban J connectivity index is 2.65. The quantitative estimate of drug-likeness (QED) is 0.628. The van der Waals surface area contributed by atoms with E-state index in [9.17, 15) is 9.59 Å². The number of hydrogen-bond donors (Lipinski definition) is 2. The first-order valence-electron chi connectivity index (χ1n) is 6.52. The van der Waals surface area contributed by atoms with Crippen LogP contribution in [0, 0.1) is 0 Å². The highest BCUT2D eigenvalue weighted by Crippen LogP contribution is 2.10. The maximum Gasteiger partial charge on any atom is 0.245 e. The van der Waals surface area contributed by atoms with Crippen molar-refractivity contribution in [3.8, 4) is 0 Å². The van der Waals surface area contributed by atoms with Crippen LogP contribution in [-0.2, 0) is 19.1 Å². The van der Waals surface area contributed by atoms with Crippen LogP contribution in [0.1, 0.15) is 13.3 Å². The van der Waals surface area contributed by atoms with Gasteiger partial charge in [0.15, 0.2) is 0 Å². The number of amides is 2. The number of methoxy groups -OCH3 is 1. The first kappa shape index (κ1) is 15.9. The largest absolute Gasteiger partial charge is 0.385 e. The lowest BCUT2D eigenvalue weighted by atomic mass is 10.1. The number of carbonyl (C=O) groups excluding carboxylic acids is 2. The number of rotatable bonds is 6. The van der Waals surface area contributed by atoms with E-state index in [0.717, 1.165) is 0 Å². The maximum atomic E-state index is 12.2. The van der Waals surface area contributed by atoms with Crippen molar-refractivity contribution < 1.29 is 19.1 Å². The van der Waals surface area contributed by atoms with Crippen LogP contribution in [0.5, 0.6) is 0 Å². The maximum absolute atomic E-state index is 12.2. The van der Waals surface area contributed by atoms with Crippen LogP contribution >= 0.6 is 0 Å². The highest BCUT2D eigenvalue weighted by atomic mass is 16.5. The zero-order valence-electron chi connectivity index (χ0n) is 11.6. The average molecular weight is 273 g/mol. The molecule has 2 unspecified atom stereocenters. The summed E-state index contributed by atoms with van der Waals surface area (Å²) in [6.45, 7) is 3.81. The molecule has 0 aliphatic carbocycles. The average Bonchev–Trinajstić information content (AvgIpc) is 2.44. The van der Waals surface area contributed by atoms with E-state index in [2.05, 4.69) is 5.32 Å². The van der Waals surface area contributed by atoms with Crippen molar-refractivity contribution in [3.63, 3.8) is 0 Å². The molecule has 1 aliphatic rings. The van der Waals surface area contributed by atoms with Crippen molar-refractivity contribution >= 4 is 11.8 Å². The van der Waals surface area contributed by atoms with E-state index in [4.69, 9.17) is 15.2 Å². The molecule has 1 saturated heterocycles. The van der Waals surface area contributed by atoms with Crippen LogP contribution in [0.3, 0.4) is 0 Å². The van der Waals surface area contributed by atoms with Crippen LogP contribution < -0.4 is 11.1 Å². The lowest BCUT2D eigenvalue weighted by Crippen LogP contribution is -2.59. The molecule has 1 rings (SSSR count). The Morgan fingerprint density at radius 2 is 2.32 bits per heavy atom. The number of nitrogens with two attached hydrogens (primary N) is 1. The molecule has 2 amide bonds. The number of nitrogens with zero attached hydrogens (tertiary/aromatic N) is 1. The fourth-order valence-electron chi connectivity index (χ4n) is 1.96. The van der Waals surface area contributed by atoms with Gasteiger partial charge in [0.25, 0.3) is 0 Å². The molecule has 2 atom stereocenters. The molecule has 0 aromatic carbocycles. The molecule has 7 nitrogen and oxygen atoms in total. The van der Waals surface area contributed by atoms with Gasteiger partial charge in [-0.25, -0.2) is 0 Å². The SMILES string of the molecule is CCNC(=O)C1COCCN1C(=O)C(N)CCOC. The second-order valence-corrected chi connectivity index (χ2v) is 4.40. The van der Waals surface area contributed by atoms with Gasteiger partial charge in [-0.15, -0.1) is 0 Å². The molecule has 0 saturated carbocycles. The van der Waals surface area contributed by atoms with Crippen molar-refractivity contribution in [3.05, 3.63) is 0 Å². The minimum atomic E-state index is -0.644.